The van der Waals surface area contributed by atoms with Gasteiger partial charge in [-0.1, -0.05) is 26.2 Å². The van der Waals surface area contributed by atoms with Gasteiger partial charge < -0.3 is 4.74 Å². The van der Waals surface area contributed by atoms with Crippen LogP contribution in [0.15, 0.2) is 18.2 Å². The number of hydrogen-bond donors (Lipinski definition) is 0. The van der Waals surface area contributed by atoms with E-state index >= 15 is 0 Å². The molecule has 0 saturated heterocycles. The lowest BCUT2D eigenvalue weighted by molar-refractivity contribution is -0.387. The van der Waals surface area contributed by atoms with E-state index in [0.717, 1.165) is 18.9 Å². The molecular formula is C13H18FNO3. The van der Waals surface area contributed by atoms with Crippen LogP contribution in [0, 0.1) is 15.9 Å². The van der Waals surface area contributed by atoms with Crippen molar-refractivity contribution in [3.8, 4) is 0 Å². The Kier molecular flexibility index (Phi) is 6.28. The minimum absolute atomic E-state index is 0.293. The van der Waals surface area contributed by atoms with E-state index in [4.69, 9.17) is 4.74 Å². The van der Waals surface area contributed by atoms with E-state index in [1.165, 1.54) is 25.0 Å². The Morgan fingerprint density at radius 3 is 2.72 bits per heavy atom. The molecule has 0 atom stereocenters. The number of unbranched alkanes of at least 4 members (excludes halogenated alkanes) is 3. The number of benzene rings is 1. The van der Waals surface area contributed by atoms with Crippen LogP contribution in [0.5, 0.6) is 0 Å². The van der Waals surface area contributed by atoms with Crippen LogP contribution in [0.3, 0.4) is 0 Å². The molecule has 0 radical (unpaired) electrons. The molecule has 1 rings (SSSR count). The average Bonchev–Trinajstić information content (AvgIpc) is 2.33. The molecule has 0 aliphatic carbocycles. The zero-order valence-electron chi connectivity index (χ0n) is 10.5. The lowest BCUT2D eigenvalue weighted by Crippen LogP contribution is -1.98. The summed E-state index contributed by atoms with van der Waals surface area (Å²) >= 11 is 0. The summed E-state index contributed by atoms with van der Waals surface area (Å²) in [7, 11) is 0. The third kappa shape index (κ3) is 4.79. The highest BCUT2D eigenvalue weighted by atomic mass is 19.1. The highest BCUT2D eigenvalue weighted by Crippen LogP contribution is 2.18. The summed E-state index contributed by atoms with van der Waals surface area (Å²) in [5, 5.41) is 10.4. The first-order chi connectivity index (χ1) is 8.65. The molecule has 0 bridgehead atoms. The number of nitrogens with zero attached hydrogens (tertiary/aromatic N) is 1. The number of rotatable bonds is 8. The molecule has 0 unspecified atom stereocenters. The lowest BCUT2D eigenvalue weighted by Gasteiger charge is -2.04. The zero-order chi connectivity index (χ0) is 13.4. The molecule has 0 aliphatic rings. The third-order valence-corrected chi connectivity index (χ3v) is 2.62. The molecule has 0 aromatic heterocycles. The Balaban J connectivity index is 2.35. The maximum Gasteiger partial charge on any atom is 0.304 e. The van der Waals surface area contributed by atoms with Crippen molar-refractivity contribution < 1.29 is 14.1 Å². The molecule has 1 aromatic rings. The first kappa shape index (κ1) is 14.6. The lowest BCUT2D eigenvalue weighted by atomic mass is 10.2. The Morgan fingerprint density at radius 2 is 2.11 bits per heavy atom. The Labute approximate surface area is 106 Å². The van der Waals surface area contributed by atoms with E-state index in [9.17, 15) is 14.5 Å². The van der Waals surface area contributed by atoms with Gasteiger partial charge in [-0.15, -0.1) is 0 Å². The van der Waals surface area contributed by atoms with E-state index in [-0.39, 0.29) is 0 Å². The molecule has 0 N–H and O–H groups in total. The summed E-state index contributed by atoms with van der Waals surface area (Å²) in [6, 6.07) is 3.85. The van der Waals surface area contributed by atoms with Gasteiger partial charge in [0.1, 0.15) is 0 Å². The summed E-state index contributed by atoms with van der Waals surface area (Å²) in [6.07, 6.45) is 4.48. The minimum atomic E-state index is -0.813. The van der Waals surface area contributed by atoms with Crippen molar-refractivity contribution in [1.29, 1.82) is 0 Å². The van der Waals surface area contributed by atoms with Crippen molar-refractivity contribution in [2.75, 3.05) is 6.61 Å². The number of ether oxygens (including phenoxy) is 1. The smallest absolute Gasteiger partial charge is 0.304 e. The predicted octanol–water partition coefficient (Wildman–Crippen LogP) is 3.83. The van der Waals surface area contributed by atoms with Crippen LogP contribution in [0.25, 0.3) is 0 Å². The predicted molar refractivity (Wildman–Crippen MR) is 66.9 cm³/mol. The van der Waals surface area contributed by atoms with Gasteiger partial charge in [0.25, 0.3) is 0 Å². The van der Waals surface area contributed by atoms with E-state index in [0.29, 0.717) is 18.8 Å². The first-order valence-electron chi connectivity index (χ1n) is 6.15. The van der Waals surface area contributed by atoms with E-state index in [1.807, 2.05) is 0 Å². The molecule has 0 fully saturated rings. The van der Waals surface area contributed by atoms with Crippen LogP contribution < -0.4 is 0 Å². The van der Waals surface area contributed by atoms with Gasteiger partial charge in [0.05, 0.1) is 11.5 Å². The standard InChI is InChI=1S/C13H18FNO3/c1-2-3-4-5-8-18-10-11-6-7-13(15(16)17)12(14)9-11/h6-7,9H,2-5,8,10H2,1H3. The van der Waals surface area contributed by atoms with Crippen molar-refractivity contribution in [2.24, 2.45) is 0 Å². The first-order valence-corrected chi connectivity index (χ1v) is 6.15. The highest BCUT2D eigenvalue weighted by Gasteiger charge is 2.13. The zero-order valence-corrected chi connectivity index (χ0v) is 10.5. The molecule has 0 heterocycles. The topological polar surface area (TPSA) is 52.4 Å². The van der Waals surface area contributed by atoms with Gasteiger partial charge >= 0.3 is 5.69 Å². The summed E-state index contributed by atoms with van der Waals surface area (Å²) in [5.74, 6) is -0.813. The molecule has 5 heteroatoms. The third-order valence-electron chi connectivity index (χ3n) is 2.62. The van der Waals surface area contributed by atoms with Gasteiger partial charge in [0.2, 0.25) is 5.82 Å². The molecule has 4 nitrogen and oxygen atoms in total. The summed E-state index contributed by atoms with van der Waals surface area (Å²) in [6.45, 7) is 3.07. The average molecular weight is 255 g/mol. The summed E-state index contributed by atoms with van der Waals surface area (Å²) in [5.41, 5.74) is 0.121. The fourth-order valence-electron chi connectivity index (χ4n) is 1.61. The molecule has 0 saturated carbocycles. The molecule has 18 heavy (non-hydrogen) atoms. The monoisotopic (exact) mass is 255 g/mol. The van der Waals surface area contributed by atoms with Crippen LogP contribution in [0.4, 0.5) is 10.1 Å². The molecule has 0 aliphatic heterocycles. The van der Waals surface area contributed by atoms with Gasteiger partial charge in [-0.25, -0.2) is 0 Å². The van der Waals surface area contributed by atoms with Crippen LogP contribution in [-0.2, 0) is 11.3 Å². The number of nitro groups is 1. The van der Waals surface area contributed by atoms with Crippen molar-refractivity contribution in [3.63, 3.8) is 0 Å². The Hall–Kier alpha value is -1.49. The van der Waals surface area contributed by atoms with E-state index < -0.39 is 16.4 Å². The van der Waals surface area contributed by atoms with Crippen molar-refractivity contribution in [3.05, 3.63) is 39.7 Å². The van der Waals surface area contributed by atoms with Crippen molar-refractivity contribution >= 4 is 5.69 Å². The quantitative estimate of drug-likeness (QED) is 0.403. The summed E-state index contributed by atoms with van der Waals surface area (Å²) in [4.78, 5) is 9.70. The van der Waals surface area contributed by atoms with Crippen molar-refractivity contribution in [2.45, 2.75) is 39.2 Å². The second kappa shape index (κ2) is 7.76. The second-order valence-corrected chi connectivity index (χ2v) is 4.16. The van der Waals surface area contributed by atoms with Gasteiger partial charge in [-0.3, -0.25) is 10.1 Å². The number of hydrogen-bond acceptors (Lipinski definition) is 3. The minimum Gasteiger partial charge on any atom is -0.377 e. The Bertz CT molecular complexity index is 396. The van der Waals surface area contributed by atoms with Gasteiger partial charge in [-0.05, 0) is 24.1 Å². The molecule has 100 valence electrons. The van der Waals surface area contributed by atoms with Crippen LogP contribution in [0.1, 0.15) is 38.2 Å². The van der Waals surface area contributed by atoms with E-state index in [1.54, 1.807) is 0 Å². The second-order valence-electron chi connectivity index (χ2n) is 4.16. The fourth-order valence-corrected chi connectivity index (χ4v) is 1.61. The normalized spacial score (nSPS) is 10.6. The highest BCUT2D eigenvalue weighted by molar-refractivity contribution is 5.34. The molecule has 1 aromatic carbocycles. The maximum atomic E-state index is 13.3. The molecule has 0 amide bonds. The van der Waals surface area contributed by atoms with Gasteiger partial charge in [0.15, 0.2) is 0 Å². The molecule has 0 spiro atoms. The van der Waals surface area contributed by atoms with Gasteiger partial charge in [0, 0.05) is 12.7 Å². The number of halogens is 1. The van der Waals surface area contributed by atoms with Gasteiger partial charge in [-0.2, -0.15) is 4.39 Å². The SMILES string of the molecule is CCCCCCOCc1ccc([N+](=O)[O-])c(F)c1. The van der Waals surface area contributed by atoms with Crippen LogP contribution >= 0.6 is 0 Å². The molecular weight excluding hydrogens is 237 g/mol. The number of nitro benzene ring substituents is 1. The largest absolute Gasteiger partial charge is 0.377 e. The van der Waals surface area contributed by atoms with Crippen molar-refractivity contribution in [1.82, 2.24) is 0 Å². The summed E-state index contributed by atoms with van der Waals surface area (Å²) < 4.78 is 18.7. The van der Waals surface area contributed by atoms with Crippen LogP contribution in [0.2, 0.25) is 0 Å². The fraction of sp³-hybridized carbons (Fsp3) is 0.538. The maximum absolute atomic E-state index is 13.3. The van der Waals surface area contributed by atoms with Crippen LogP contribution in [-0.4, -0.2) is 11.5 Å². The Morgan fingerprint density at radius 1 is 1.33 bits per heavy atom. The van der Waals surface area contributed by atoms with E-state index in [2.05, 4.69) is 6.92 Å².